The van der Waals surface area contributed by atoms with Gasteiger partial charge in [-0.2, -0.15) is 0 Å². The van der Waals surface area contributed by atoms with E-state index in [-0.39, 0.29) is 5.91 Å². The van der Waals surface area contributed by atoms with Crippen LogP contribution in [0.5, 0.6) is 5.75 Å². The lowest BCUT2D eigenvalue weighted by Crippen LogP contribution is -2.12. The zero-order chi connectivity index (χ0) is 13.1. The summed E-state index contributed by atoms with van der Waals surface area (Å²) >= 11 is 9.11. The highest BCUT2D eigenvalue weighted by atomic mass is 79.9. The average Bonchev–Trinajstić information content (AvgIpc) is 2.79. The number of halogens is 2. The van der Waals surface area contributed by atoms with Gasteiger partial charge in [0, 0.05) is 16.7 Å². The lowest BCUT2D eigenvalue weighted by atomic mass is 10.3. The minimum Gasteiger partial charge on any atom is -0.497 e. The number of methoxy groups -OCH3 is 1. The average molecular weight is 330 g/mol. The highest BCUT2D eigenvalue weighted by molar-refractivity contribution is 9.10. The van der Waals surface area contributed by atoms with Gasteiger partial charge >= 0.3 is 0 Å². The molecule has 0 aliphatic carbocycles. The predicted molar refractivity (Wildman–Crippen MR) is 74.4 cm³/mol. The number of hydrogen-bond acceptors (Lipinski definition) is 2. The van der Waals surface area contributed by atoms with Crippen molar-refractivity contribution in [2.75, 3.05) is 12.4 Å². The first-order valence-corrected chi connectivity index (χ1v) is 6.26. The SMILES string of the molecule is COc1ccc(Br)c(NC(=O)c2cc(Cl)c[nH]2)c1. The maximum atomic E-state index is 11.9. The van der Waals surface area contributed by atoms with Crippen LogP contribution >= 0.6 is 27.5 Å². The molecule has 0 aliphatic heterocycles. The van der Waals surface area contributed by atoms with Crippen LogP contribution in [0.4, 0.5) is 5.69 Å². The number of hydrogen-bond donors (Lipinski definition) is 2. The van der Waals surface area contributed by atoms with Crippen molar-refractivity contribution in [2.45, 2.75) is 0 Å². The van der Waals surface area contributed by atoms with Crippen LogP contribution in [0.3, 0.4) is 0 Å². The maximum Gasteiger partial charge on any atom is 0.272 e. The van der Waals surface area contributed by atoms with Gasteiger partial charge in [0.05, 0.1) is 17.8 Å². The minimum absolute atomic E-state index is 0.268. The molecule has 94 valence electrons. The quantitative estimate of drug-likeness (QED) is 0.902. The Balaban J connectivity index is 2.21. The van der Waals surface area contributed by atoms with Crippen LogP contribution in [0.1, 0.15) is 10.5 Å². The van der Waals surface area contributed by atoms with Gasteiger partial charge in [-0.05, 0) is 34.1 Å². The lowest BCUT2D eigenvalue weighted by molar-refractivity contribution is 0.102. The van der Waals surface area contributed by atoms with Crippen LogP contribution in [0.15, 0.2) is 34.9 Å². The number of aromatic nitrogens is 1. The Labute approximate surface area is 117 Å². The Bertz CT molecular complexity index is 583. The molecule has 0 bridgehead atoms. The molecule has 18 heavy (non-hydrogen) atoms. The van der Waals surface area contributed by atoms with Gasteiger partial charge in [0.15, 0.2) is 0 Å². The number of carbonyl (C=O) groups is 1. The summed E-state index contributed by atoms with van der Waals surface area (Å²) in [5, 5.41) is 3.25. The van der Waals surface area contributed by atoms with Gasteiger partial charge in [-0.15, -0.1) is 0 Å². The summed E-state index contributed by atoms with van der Waals surface area (Å²) in [4.78, 5) is 14.7. The number of H-pyrrole nitrogens is 1. The summed E-state index contributed by atoms with van der Waals surface area (Å²) in [6, 6.07) is 6.89. The van der Waals surface area contributed by atoms with E-state index in [0.717, 1.165) is 4.47 Å². The van der Waals surface area contributed by atoms with Gasteiger partial charge in [-0.25, -0.2) is 0 Å². The van der Waals surface area contributed by atoms with E-state index < -0.39 is 0 Å². The van der Waals surface area contributed by atoms with Gasteiger partial charge in [0.1, 0.15) is 11.4 Å². The van der Waals surface area contributed by atoms with Crippen LogP contribution in [0.2, 0.25) is 5.02 Å². The highest BCUT2D eigenvalue weighted by Crippen LogP contribution is 2.27. The standard InChI is InChI=1S/C12H10BrClN2O2/c1-18-8-2-3-9(13)10(5-8)16-12(17)11-4-7(14)6-15-11/h2-6,15H,1H3,(H,16,17). The van der Waals surface area contributed by atoms with Crippen LogP contribution in [-0.2, 0) is 0 Å². The van der Waals surface area contributed by atoms with Crippen LogP contribution < -0.4 is 10.1 Å². The Hall–Kier alpha value is -1.46. The maximum absolute atomic E-state index is 11.9. The molecule has 1 aromatic heterocycles. The van der Waals surface area contributed by atoms with Gasteiger partial charge in [-0.1, -0.05) is 11.6 Å². The first kappa shape index (κ1) is 13.0. The molecule has 0 unspecified atom stereocenters. The summed E-state index contributed by atoms with van der Waals surface area (Å²) in [6.45, 7) is 0. The molecule has 6 heteroatoms. The Kier molecular flexibility index (Phi) is 3.93. The molecule has 1 aromatic carbocycles. The van der Waals surface area contributed by atoms with E-state index in [2.05, 4.69) is 26.2 Å². The summed E-state index contributed by atoms with van der Waals surface area (Å²) in [5.41, 5.74) is 1.03. The molecule has 0 saturated heterocycles. The Morgan fingerprint density at radius 1 is 1.44 bits per heavy atom. The monoisotopic (exact) mass is 328 g/mol. The van der Waals surface area contributed by atoms with Gasteiger partial charge in [0.2, 0.25) is 0 Å². The molecule has 0 aliphatic rings. The summed E-state index contributed by atoms with van der Waals surface area (Å²) in [7, 11) is 1.57. The van der Waals surface area contributed by atoms with Crippen LogP contribution in [-0.4, -0.2) is 18.0 Å². The first-order valence-electron chi connectivity index (χ1n) is 5.09. The molecule has 0 spiro atoms. The number of carbonyl (C=O) groups excluding carboxylic acids is 1. The Morgan fingerprint density at radius 3 is 2.83 bits per heavy atom. The van der Waals surface area contributed by atoms with Crippen molar-refractivity contribution in [1.29, 1.82) is 0 Å². The minimum atomic E-state index is -0.268. The topological polar surface area (TPSA) is 54.1 Å². The molecular formula is C12H10BrClN2O2. The highest BCUT2D eigenvalue weighted by Gasteiger charge is 2.10. The number of nitrogens with one attached hydrogen (secondary N) is 2. The van der Waals surface area contributed by atoms with E-state index in [1.807, 2.05) is 0 Å². The number of rotatable bonds is 3. The second-order valence-corrected chi connectivity index (χ2v) is 4.82. The van der Waals surface area contributed by atoms with E-state index in [4.69, 9.17) is 16.3 Å². The second kappa shape index (κ2) is 5.46. The third-order valence-electron chi connectivity index (χ3n) is 2.31. The number of amides is 1. The number of anilines is 1. The molecular weight excluding hydrogens is 320 g/mol. The summed E-state index contributed by atoms with van der Waals surface area (Å²) in [5.74, 6) is 0.397. The van der Waals surface area contributed by atoms with E-state index in [1.54, 1.807) is 37.6 Å². The van der Waals surface area contributed by atoms with Crippen molar-refractivity contribution < 1.29 is 9.53 Å². The van der Waals surface area contributed by atoms with E-state index in [0.29, 0.717) is 22.2 Å². The van der Waals surface area contributed by atoms with Crippen molar-refractivity contribution in [3.8, 4) is 5.75 Å². The number of aromatic amines is 1. The molecule has 1 amide bonds. The largest absolute Gasteiger partial charge is 0.497 e. The molecule has 2 rings (SSSR count). The first-order chi connectivity index (χ1) is 8.60. The normalized spacial score (nSPS) is 10.2. The van der Waals surface area contributed by atoms with Crippen molar-refractivity contribution >= 4 is 39.1 Å². The molecule has 2 N–H and O–H groups in total. The molecule has 0 fully saturated rings. The fourth-order valence-corrected chi connectivity index (χ4v) is 1.93. The fourth-order valence-electron chi connectivity index (χ4n) is 1.42. The third kappa shape index (κ3) is 2.86. The summed E-state index contributed by atoms with van der Waals surface area (Å²) in [6.07, 6.45) is 1.55. The van der Waals surface area contributed by atoms with Crippen molar-refractivity contribution in [3.05, 3.63) is 45.7 Å². The molecule has 2 aromatic rings. The zero-order valence-corrected chi connectivity index (χ0v) is 11.8. The smallest absolute Gasteiger partial charge is 0.272 e. The number of ether oxygens (including phenoxy) is 1. The third-order valence-corrected chi connectivity index (χ3v) is 3.22. The van der Waals surface area contributed by atoms with E-state index >= 15 is 0 Å². The Morgan fingerprint density at radius 2 is 2.22 bits per heavy atom. The summed E-state index contributed by atoms with van der Waals surface area (Å²) < 4.78 is 5.87. The lowest BCUT2D eigenvalue weighted by Gasteiger charge is -2.08. The van der Waals surface area contributed by atoms with Crippen LogP contribution in [0.25, 0.3) is 0 Å². The molecule has 4 nitrogen and oxygen atoms in total. The number of benzene rings is 1. The van der Waals surface area contributed by atoms with Crippen molar-refractivity contribution in [2.24, 2.45) is 0 Å². The van der Waals surface area contributed by atoms with Crippen molar-refractivity contribution in [1.82, 2.24) is 4.98 Å². The van der Waals surface area contributed by atoms with E-state index in [9.17, 15) is 4.79 Å². The fraction of sp³-hybridized carbons (Fsp3) is 0.0833. The predicted octanol–water partition coefficient (Wildman–Crippen LogP) is 3.69. The van der Waals surface area contributed by atoms with Crippen LogP contribution in [0, 0.1) is 0 Å². The zero-order valence-electron chi connectivity index (χ0n) is 9.46. The van der Waals surface area contributed by atoms with Gasteiger partial charge in [0.25, 0.3) is 5.91 Å². The second-order valence-electron chi connectivity index (χ2n) is 3.53. The van der Waals surface area contributed by atoms with E-state index in [1.165, 1.54) is 0 Å². The van der Waals surface area contributed by atoms with Gasteiger partial charge in [-0.3, -0.25) is 4.79 Å². The molecule has 0 atom stereocenters. The molecule has 0 saturated carbocycles. The van der Waals surface area contributed by atoms with Crippen molar-refractivity contribution in [3.63, 3.8) is 0 Å². The molecule has 1 heterocycles. The van der Waals surface area contributed by atoms with Gasteiger partial charge < -0.3 is 15.0 Å². The molecule has 0 radical (unpaired) electrons.